The summed E-state index contributed by atoms with van der Waals surface area (Å²) >= 11 is 0. The first-order chi connectivity index (χ1) is 9.71. The van der Waals surface area contributed by atoms with Crippen molar-refractivity contribution in [3.8, 4) is 5.75 Å². The number of fused-ring (bicyclic) bond motifs is 1. The summed E-state index contributed by atoms with van der Waals surface area (Å²) in [5, 5.41) is 0. The Kier molecular flexibility index (Phi) is 3.49. The van der Waals surface area contributed by atoms with Crippen molar-refractivity contribution >= 4 is 0 Å². The fourth-order valence-electron chi connectivity index (χ4n) is 3.07. The number of aryl methyl sites for hydroxylation is 1. The molecule has 1 atom stereocenters. The van der Waals surface area contributed by atoms with E-state index in [0.717, 1.165) is 25.0 Å². The highest BCUT2D eigenvalue weighted by molar-refractivity contribution is 5.39. The molecule has 1 unspecified atom stereocenters. The Morgan fingerprint density at radius 2 is 1.90 bits per heavy atom. The maximum atomic E-state index is 6.70. The average Bonchev–Trinajstić information content (AvgIpc) is 2.48. The standard InChI is InChI=1S/C18H21NO/c1-2-20-17-9-5-8-16(12-17)18(19)11-10-14-6-3-4-7-15(14)13-18/h3-9,12H,2,10-11,13,19H2,1H3. The van der Waals surface area contributed by atoms with E-state index in [2.05, 4.69) is 36.4 Å². The lowest BCUT2D eigenvalue weighted by Gasteiger charge is -2.35. The Hall–Kier alpha value is -1.80. The van der Waals surface area contributed by atoms with E-state index >= 15 is 0 Å². The molecular formula is C18H21NO. The van der Waals surface area contributed by atoms with Gasteiger partial charge < -0.3 is 10.5 Å². The first-order valence-electron chi connectivity index (χ1n) is 7.30. The Balaban J connectivity index is 1.92. The maximum Gasteiger partial charge on any atom is 0.119 e. The molecule has 0 heterocycles. The van der Waals surface area contributed by atoms with Crippen molar-refractivity contribution in [1.82, 2.24) is 0 Å². The third kappa shape index (κ3) is 2.44. The lowest BCUT2D eigenvalue weighted by Crippen LogP contribution is -2.42. The van der Waals surface area contributed by atoms with Gasteiger partial charge in [0.25, 0.3) is 0 Å². The molecule has 0 radical (unpaired) electrons. The molecule has 2 N–H and O–H groups in total. The van der Waals surface area contributed by atoms with Crippen molar-refractivity contribution in [2.45, 2.75) is 31.7 Å². The molecule has 0 saturated carbocycles. The third-order valence-corrected chi connectivity index (χ3v) is 4.18. The average molecular weight is 267 g/mol. The van der Waals surface area contributed by atoms with E-state index in [-0.39, 0.29) is 5.54 Å². The van der Waals surface area contributed by atoms with Crippen LogP contribution in [0.5, 0.6) is 5.75 Å². The molecule has 104 valence electrons. The number of ether oxygens (including phenoxy) is 1. The van der Waals surface area contributed by atoms with E-state index in [9.17, 15) is 0 Å². The topological polar surface area (TPSA) is 35.2 Å². The zero-order valence-electron chi connectivity index (χ0n) is 11.9. The summed E-state index contributed by atoms with van der Waals surface area (Å²) in [6, 6.07) is 16.9. The van der Waals surface area contributed by atoms with Gasteiger partial charge in [-0.05, 0) is 55.0 Å². The summed E-state index contributed by atoms with van der Waals surface area (Å²) in [5.41, 5.74) is 10.4. The van der Waals surface area contributed by atoms with E-state index in [1.165, 1.54) is 16.7 Å². The molecule has 1 aliphatic rings. The van der Waals surface area contributed by atoms with Gasteiger partial charge in [0.1, 0.15) is 5.75 Å². The highest BCUT2D eigenvalue weighted by atomic mass is 16.5. The van der Waals surface area contributed by atoms with Crippen LogP contribution in [0.4, 0.5) is 0 Å². The Morgan fingerprint density at radius 3 is 2.70 bits per heavy atom. The molecule has 1 aliphatic carbocycles. The van der Waals surface area contributed by atoms with Crippen molar-refractivity contribution in [3.05, 3.63) is 65.2 Å². The van der Waals surface area contributed by atoms with Gasteiger partial charge >= 0.3 is 0 Å². The lowest BCUT2D eigenvalue weighted by atomic mass is 9.74. The molecule has 0 aliphatic heterocycles. The number of benzene rings is 2. The summed E-state index contributed by atoms with van der Waals surface area (Å²) in [5.74, 6) is 0.911. The number of nitrogens with two attached hydrogens (primary N) is 1. The van der Waals surface area contributed by atoms with Gasteiger partial charge in [0.05, 0.1) is 6.61 Å². The minimum atomic E-state index is -0.276. The van der Waals surface area contributed by atoms with Crippen LogP contribution >= 0.6 is 0 Å². The molecule has 0 saturated heterocycles. The van der Waals surface area contributed by atoms with Crippen LogP contribution in [0.3, 0.4) is 0 Å². The molecule has 0 bridgehead atoms. The van der Waals surface area contributed by atoms with Gasteiger partial charge in [-0.3, -0.25) is 0 Å². The van der Waals surface area contributed by atoms with Gasteiger partial charge in [0.15, 0.2) is 0 Å². The molecule has 0 spiro atoms. The predicted octanol–water partition coefficient (Wildman–Crippen LogP) is 3.43. The van der Waals surface area contributed by atoms with Crippen molar-refractivity contribution in [1.29, 1.82) is 0 Å². The summed E-state index contributed by atoms with van der Waals surface area (Å²) in [7, 11) is 0. The maximum absolute atomic E-state index is 6.70. The van der Waals surface area contributed by atoms with Gasteiger partial charge in [-0.25, -0.2) is 0 Å². The summed E-state index contributed by atoms with van der Waals surface area (Å²) in [6.45, 7) is 2.69. The molecule has 3 rings (SSSR count). The molecule has 0 aromatic heterocycles. The van der Waals surface area contributed by atoms with Gasteiger partial charge in [-0.2, -0.15) is 0 Å². The Labute approximate surface area is 120 Å². The second kappa shape index (κ2) is 5.29. The number of rotatable bonds is 3. The minimum Gasteiger partial charge on any atom is -0.494 e. The largest absolute Gasteiger partial charge is 0.494 e. The van der Waals surface area contributed by atoms with Gasteiger partial charge in [0, 0.05) is 5.54 Å². The van der Waals surface area contributed by atoms with Crippen LogP contribution in [0.1, 0.15) is 30.0 Å². The van der Waals surface area contributed by atoms with E-state index < -0.39 is 0 Å². The molecule has 2 nitrogen and oxygen atoms in total. The van der Waals surface area contributed by atoms with Crippen molar-refractivity contribution < 1.29 is 4.74 Å². The van der Waals surface area contributed by atoms with E-state index in [4.69, 9.17) is 10.5 Å². The second-order valence-electron chi connectivity index (χ2n) is 5.56. The lowest BCUT2D eigenvalue weighted by molar-refractivity contribution is 0.335. The van der Waals surface area contributed by atoms with Crippen LogP contribution in [-0.4, -0.2) is 6.61 Å². The van der Waals surface area contributed by atoms with Crippen LogP contribution < -0.4 is 10.5 Å². The second-order valence-corrected chi connectivity index (χ2v) is 5.56. The number of hydrogen-bond acceptors (Lipinski definition) is 2. The van der Waals surface area contributed by atoms with Gasteiger partial charge in [0.2, 0.25) is 0 Å². The van der Waals surface area contributed by atoms with Crippen molar-refractivity contribution in [2.24, 2.45) is 5.73 Å². The molecule has 2 aromatic rings. The van der Waals surface area contributed by atoms with E-state index in [1.807, 2.05) is 19.1 Å². The fourth-order valence-corrected chi connectivity index (χ4v) is 3.07. The van der Waals surface area contributed by atoms with Crippen LogP contribution in [-0.2, 0) is 18.4 Å². The Morgan fingerprint density at radius 1 is 1.10 bits per heavy atom. The van der Waals surface area contributed by atoms with Crippen molar-refractivity contribution in [3.63, 3.8) is 0 Å². The number of hydrogen-bond donors (Lipinski definition) is 1. The highest BCUT2D eigenvalue weighted by Crippen LogP contribution is 2.35. The van der Waals surface area contributed by atoms with E-state index in [0.29, 0.717) is 6.61 Å². The summed E-state index contributed by atoms with van der Waals surface area (Å²) < 4.78 is 5.60. The third-order valence-electron chi connectivity index (χ3n) is 4.18. The van der Waals surface area contributed by atoms with Gasteiger partial charge in [-0.15, -0.1) is 0 Å². The van der Waals surface area contributed by atoms with Crippen LogP contribution in [0, 0.1) is 0 Å². The fraction of sp³-hybridized carbons (Fsp3) is 0.333. The first kappa shape index (κ1) is 13.2. The van der Waals surface area contributed by atoms with Crippen LogP contribution in [0.25, 0.3) is 0 Å². The summed E-state index contributed by atoms with van der Waals surface area (Å²) in [6.07, 6.45) is 2.93. The SMILES string of the molecule is CCOc1cccc(C2(N)CCc3ccccc3C2)c1. The predicted molar refractivity (Wildman–Crippen MR) is 81.9 cm³/mol. The quantitative estimate of drug-likeness (QED) is 0.924. The minimum absolute atomic E-state index is 0.276. The molecule has 0 amide bonds. The van der Waals surface area contributed by atoms with E-state index in [1.54, 1.807) is 0 Å². The molecular weight excluding hydrogens is 246 g/mol. The van der Waals surface area contributed by atoms with Crippen LogP contribution in [0.15, 0.2) is 48.5 Å². The van der Waals surface area contributed by atoms with Crippen molar-refractivity contribution in [2.75, 3.05) is 6.61 Å². The van der Waals surface area contributed by atoms with Gasteiger partial charge in [-0.1, -0.05) is 36.4 Å². The molecule has 20 heavy (non-hydrogen) atoms. The molecule has 2 aromatic carbocycles. The molecule has 0 fully saturated rings. The molecule has 2 heteroatoms. The van der Waals surface area contributed by atoms with Crippen LogP contribution in [0.2, 0.25) is 0 Å². The zero-order chi connectivity index (χ0) is 14.0. The first-order valence-corrected chi connectivity index (χ1v) is 7.30. The smallest absolute Gasteiger partial charge is 0.119 e. The normalized spacial score (nSPS) is 21.3. The monoisotopic (exact) mass is 267 g/mol. The zero-order valence-corrected chi connectivity index (χ0v) is 11.9. The Bertz CT molecular complexity index is 608. The summed E-state index contributed by atoms with van der Waals surface area (Å²) in [4.78, 5) is 0. The highest BCUT2D eigenvalue weighted by Gasteiger charge is 2.32.